The van der Waals surface area contributed by atoms with Gasteiger partial charge in [0.2, 0.25) is 76.8 Å². The van der Waals surface area contributed by atoms with E-state index in [2.05, 4.69) is 63.1 Å². The quantitative estimate of drug-likeness (QED) is 0.0489. The maximum absolute atomic E-state index is 15.4. The Kier molecular flexibility index (Phi) is 35.3. The lowest BCUT2D eigenvalue weighted by Gasteiger charge is -2.32. The molecule has 3 aliphatic rings. The fraction of sp³-hybridized carbons (Fsp3) is 0.500. The van der Waals surface area contributed by atoms with Crippen LogP contribution in [-0.2, 0) is 99.1 Å². The number of carboxylic acid groups (broad SMARTS) is 1. The number of Topliss-reactive ketones (excluding diaryl/α,β-unsaturated/α-hetero) is 2. The average Bonchev–Trinajstić information content (AvgIpc) is 1.71. The van der Waals surface area contributed by atoms with Gasteiger partial charge in [-0.2, -0.15) is 9.59 Å². The molecule has 39 heteroatoms. The van der Waals surface area contributed by atoms with Crippen molar-refractivity contribution in [3.05, 3.63) is 90.3 Å². The van der Waals surface area contributed by atoms with Gasteiger partial charge in [0.15, 0.2) is 11.6 Å². The van der Waals surface area contributed by atoms with Gasteiger partial charge < -0.3 is 94.6 Å². The number of amides is 13. The number of ketones is 2. The second-order valence-electron chi connectivity index (χ2n) is 29.5. The van der Waals surface area contributed by atoms with Gasteiger partial charge in [-0.1, -0.05) is 71.0 Å². The Labute approximate surface area is 686 Å². The van der Waals surface area contributed by atoms with E-state index < -0.39 is 217 Å². The highest BCUT2D eigenvalue weighted by molar-refractivity contribution is 8.00. The number of para-hydroxylation sites is 2. The van der Waals surface area contributed by atoms with Crippen LogP contribution in [0.1, 0.15) is 105 Å². The largest absolute Gasteiger partial charge is 0.481 e. The van der Waals surface area contributed by atoms with E-state index in [0.29, 0.717) is 54.0 Å². The fourth-order valence-electron chi connectivity index (χ4n) is 13.4. The number of aliphatic hydroxyl groups is 1. The van der Waals surface area contributed by atoms with Crippen molar-refractivity contribution in [3.8, 4) is 0 Å². The molecule has 2 aromatic heterocycles. The van der Waals surface area contributed by atoms with Crippen LogP contribution in [0.15, 0.2) is 93.8 Å². The Morgan fingerprint density at radius 1 is 0.624 bits per heavy atom. The zero-order valence-corrected chi connectivity index (χ0v) is 68.4. The van der Waals surface area contributed by atoms with E-state index >= 15 is 9.59 Å². The lowest BCUT2D eigenvalue weighted by atomic mass is 9.92. The molecule has 1 saturated heterocycles. The number of primary amides is 1. The van der Waals surface area contributed by atoms with Crippen molar-refractivity contribution in [2.75, 3.05) is 50.5 Å². The first kappa shape index (κ1) is 93.2. The summed E-state index contributed by atoms with van der Waals surface area (Å²) in [6.07, 6.45) is -0.364. The van der Waals surface area contributed by atoms with Crippen LogP contribution in [0, 0.1) is 23.7 Å². The molecule has 0 saturated carbocycles. The van der Waals surface area contributed by atoms with Crippen molar-refractivity contribution in [2.24, 2.45) is 35.1 Å². The second kappa shape index (κ2) is 44.4. The van der Waals surface area contributed by atoms with Crippen LogP contribution in [0.5, 0.6) is 0 Å². The Morgan fingerprint density at radius 2 is 1.15 bits per heavy atom. The molecule has 0 spiro atoms. The average molecular weight is 1680 g/mol. The number of nitrogens with one attached hydrogen (secondary N) is 12. The molecule has 5 aromatic rings. The minimum absolute atomic E-state index is 0.0313. The SMILES string of the molecule is CC[C@@H]1CC(=O)[C@H]([C@@H](C)O)NC(=O)[C@@H](CC(=O)[C@H](C)NC(=O)CN(C)C(=O)CCN)CSc2cc3cc(c2)SC[C@H](NC1=O)C(=O)N[C@@H](Cc1c[nH]c2ccccc12)C(=O)N[C@@H](C(C)C)C(=O)N[C@@H](CC(=O)O)C(=O)NCC(=O)N[C@@H](Cc1c[nH]c2ccccc12)C(=O)N[C@@H](C(C)C)C(=O)N1CCC[C@H]1C(=O)N[C@H](C(N)=O)CS3.O=C=O. The summed E-state index contributed by atoms with van der Waals surface area (Å²) >= 11 is 3.11. The highest BCUT2D eigenvalue weighted by atomic mass is 32.2. The molecule has 4 bridgehead atoms. The number of fused-ring (bicyclic) bond motifs is 7. The van der Waals surface area contributed by atoms with Crippen LogP contribution in [-0.4, -0.2) is 247 Å². The van der Waals surface area contributed by atoms with Gasteiger partial charge in [-0.05, 0) is 86.4 Å². The summed E-state index contributed by atoms with van der Waals surface area (Å²) in [5.41, 5.74) is 14.0. The predicted octanol–water partition coefficient (Wildman–Crippen LogP) is -0.634. The molecule has 5 heterocycles. The van der Waals surface area contributed by atoms with Crippen molar-refractivity contribution in [3.63, 3.8) is 0 Å². The molecule has 18 N–H and O–H groups in total. The van der Waals surface area contributed by atoms with Crippen molar-refractivity contribution in [1.82, 2.24) is 72.9 Å². The molecule has 0 unspecified atom stereocenters. The smallest absolute Gasteiger partial charge is 0.373 e. The predicted molar refractivity (Wildman–Crippen MR) is 429 cm³/mol. The Bertz CT molecular complexity index is 4530. The summed E-state index contributed by atoms with van der Waals surface area (Å²) in [5.74, 6) is -19.0. The summed E-state index contributed by atoms with van der Waals surface area (Å²) < 4.78 is 0. The molecule has 0 radical (unpaired) electrons. The van der Waals surface area contributed by atoms with Crippen molar-refractivity contribution < 1.29 is 96.5 Å². The standard InChI is InChI=1S/C77H102N16O18S3.CO2/c1-9-42-25-60(96)67(41(7)94)91-70(104)45(26-59(95)40(6)83-62(98)34-92(8)63(99)20-21-78)35-112-46-27-47-29-48(28-46)114-37-57(88-69(42)103)74(108)85-54(24-44-32-81-52-18-13-11-16-50(44)52)73(107)89-65(38(2)3)76(110)86-55(30-64(100)101)71(105)82-33-61(97)84-53(23-43-31-80-51-17-12-10-15-49(43)51)72(106)90-66(39(4)5)77(111)93-22-14-19-58(93)75(109)87-56(36-113-47)68(79)102;2-1-3/h10-13,15-18,27-29,31-32,38-42,45,53-58,65-67,80-81,94H,9,14,19-26,30,33-37,78H2,1-8H3,(H2,79,102)(H,82,105)(H,83,98)(H,84,97)(H,85,108)(H,86,110)(H,87,109)(H,88,103)(H,89,107)(H,90,106)(H,91,104)(H,100,101);/t40-,41+,42+,45-,53-,54-,55-,56-,57-,58-,65-,66-,67-;/m0./s1. The summed E-state index contributed by atoms with van der Waals surface area (Å²) in [4.78, 5) is 254. The molecule has 3 aromatic carbocycles. The lowest BCUT2D eigenvalue weighted by Crippen LogP contribution is -2.61. The topological polar surface area (TPSA) is 558 Å². The number of aromatic amines is 2. The first-order valence-corrected chi connectivity index (χ1v) is 41.1. The number of nitrogens with two attached hydrogens (primary N) is 2. The molecule has 13 atom stereocenters. The number of aliphatic hydroxyl groups excluding tert-OH is 1. The Balaban J connectivity index is 0.00000620. The molecule has 117 heavy (non-hydrogen) atoms. The molecular formula is C78H102N16O20S3. The highest BCUT2D eigenvalue weighted by Crippen LogP contribution is 2.35. The third-order valence-corrected chi connectivity index (χ3v) is 23.2. The molecule has 36 nitrogen and oxygen atoms in total. The summed E-state index contributed by atoms with van der Waals surface area (Å²) in [5, 5.41) is 49.0. The Morgan fingerprint density at radius 3 is 1.70 bits per heavy atom. The number of rotatable bonds is 19. The number of aliphatic carboxylic acids is 1. The minimum atomic E-state index is -1.90. The molecule has 0 aliphatic carbocycles. The molecule has 13 amide bonds. The number of thioether (sulfide) groups is 3. The zero-order valence-electron chi connectivity index (χ0n) is 66.0. The summed E-state index contributed by atoms with van der Waals surface area (Å²) in [6, 6.07) is 4.21. The molecule has 3 aliphatic heterocycles. The van der Waals surface area contributed by atoms with Gasteiger partial charge in [0.1, 0.15) is 54.4 Å². The van der Waals surface area contributed by atoms with Crippen molar-refractivity contribution >= 4 is 158 Å². The third kappa shape index (κ3) is 26.8. The number of hydrogen-bond donors (Lipinski definition) is 16. The first-order chi connectivity index (χ1) is 55.5. The zero-order chi connectivity index (χ0) is 86.1. The van der Waals surface area contributed by atoms with Crippen LogP contribution in [0.2, 0.25) is 0 Å². The van der Waals surface area contributed by atoms with Gasteiger partial charge in [-0.15, -0.1) is 35.3 Å². The monoisotopic (exact) mass is 1680 g/mol. The number of nitrogens with zero attached hydrogens (tertiary/aromatic N) is 2. The number of likely N-dealkylation sites (N-methyl/N-ethyl adjacent to an activating group) is 1. The van der Waals surface area contributed by atoms with Crippen LogP contribution >= 0.6 is 35.3 Å². The maximum Gasteiger partial charge on any atom is 0.373 e. The fourth-order valence-corrected chi connectivity index (χ4v) is 16.8. The van der Waals surface area contributed by atoms with Crippen molar-refractivity contribution in [2.45, 2.75) is 187 Å². The van der Waals surface area contributed by atoms with Crippen molar-refractivity contribution in [1.29, 1.82) is 0 Å². The third-order valence-electron chi connectivity index (χ3n) is 19.9. The number of hydrogen-bond acceptors (Lipinski definition) is 23. The summed E-state index contributed by atoms with van der Waals surface area (Å²) in [7, 11) is 1.39. The molecule has 1 fully saturated rings. The number of H-pyrrole nitrogens is 2. The van der Waals surface area contributed by atoms with E-state index in [1.165, 1.54) is 25.8 Å². The van der Waals surface area contributed by atoms with Crippen LogP contribution in [0.25, 0.3) is 21.8 Å². The maximum atomic E-state index is 15.4. The second-order valence-corrected chi connectivity index (χ2v) is 32.7. The van der Waals surface area contributed by atoms with E-state index in [1.807, 2.05) is 0 Å². The number of aromatic nitrogens is 2. The van der Waals surface area contributed by atoms with E-state index in [4.69, 9.17) is 21.1 Å². The van der Waals surface area contributed by atoms with Crippen LogP contribution in [0.4, 0.5) is 0 Å². The number of benzene rings is 3. The molecule has 632 valence electrons. The van der Waals surface area contributed by atoms with Crippen LogP contribution < -0.4 is 64.6 Å². The van der Waals surface area contributed by atoms with Crippen LogP contribution in [0.3, 0.4) is 0 Å². The normalized spacial score (nSPS) is 23.6. The van der Waals surface area contributed by atoms with Gasteiger partial charge in [0.25, 0.3) is 0 Å². The number of carbonyl (C=O) groups is 16. The molecular weight excluding hydrogens is 1580 g/mol. The molecule has 8 rings (SSSR count). The highest BCUT2D eigenvalue weighted by Gasteiger charge is 2.43. The van der Waals surface area contributed by atoms with Gasteiger partial charge in [0.05, 0.1) is 37.6 Å². The summed E-state index contributed by atoms with van der Waals surface area (Å²) in [6.45, 7) is 9.38. The van der Waals surface area contributed by atoms with E-state index in [-0.39, 0.29) is 68.6 Å². The van der Waals surface area contributed by atoms with E-state index in [1.54, 1.807) is 114 Å². The minimum Gasteiger partial charge on any atom is -0.481 e. The number of carboxylic acids is 1. The number of carbonyl (C=O) groups excluding carboxylic acids is 17. The van der Waals surface area contributed by atoms with Gasteiger partial charge >= 0.3 is 12.1 Å². The van der Waals surface area contributed by atoms with E-state index in [9.17, 15) is 77.3 Å². The lowest BCUT2D eigenvalue weighted by molar-refractivity contribution is -0.192. The van der Waals surface area contributed by atoms with Gasteiger partial charge in [-0.3, -0.25) is 76.7 Å². The Hall–Kier alpha value is -11.0. The first-order valence-electron chi connectivity index (χ1n) is 38.2. The van der Waals surface area contributed by atoms with E-state index in [0.717, 1.165) is 40.2 Å². The van der Waals surface area contributed by atoms with Gasteiger partial charge in [0, 0.05) is 124 Å². The van der Waals surface area contributed by atoms with Gasteiger partial charge in [-0.25, -0.2) is 0 Å².